The van der Waals surface area contributed by atoms with Crippen LogP contribution in [-0.2, 0) is 91.7 Å². The minimum absolute atomic E-state index is 0.133. The molecule has 11 atom stereocenters. The quantitative estimate of drug-likeness (QED) is 0.0644. The summed E-state index contributed by atoms with van der Waals surface area (Å²) in [5.74, 6) is 0. The zero-order valence-corrected chi connectivity index (χ0v) is 40.1. The van der Waals surface area contributed by atoms with Crippen LogP contribution in [0.3, 0.4) is 0 Å². The molecule has 6 aromatic carbocycles. The van der Waals surface area contributed by atoms with Gasteiger partial charge >= 0.3 is 0 Å². The van der Waals surface area contributed by atoms with Gasteiger partial charge in [0.2, 0.25) is 0 Å². The van der Waals surface area contributed by atoms with E-state index in [1.807, 2.05) is 200 Å². The molecular weight excluding hydrogens is 911 g/mol. The van der Waals surface area contributed by atoms with Gasteiger partial charge in [-0.05, 0) is 39.9 Å². The van der Waals surface area contributed by atoms with Crippen LogP contribution in [0.2, 0.25) is 0 Å². The fourth-order valence-corrected chi connectivity index (χ4v) is 9.22. The molecule has 372 valence electrons. The number of pyridine rings is 1. The monoisotopic (exact) mass is 971 g/mol. The number of nitrogens with zero attached hydrogens (tertiary/aromatic N) is 1. The molecule has 3 fully saturated rings. The average molecular weight is 972 g/mol. The first-order valence-corrected chi connectivity index (χ1v) is 24.7. The Balaban J connectivity index is 1.02. The molecule has 7 aromatic rings. The Kier molecular flexibility index (Phi) is 17.6. The molecule has 0 aliphatic carbocycles. The molecule has 0 bridgehead atoms. The van der Waals surface area contributed by atoms with Gasteiger partial charge in [-0.1, -0.05) is 188 Å². The number of hydrogen-bond acceptors (Lipinski definition) is 12. The molecule has 1 aromatic heterocycles. The van der Waals surface area contributed by atoms with E-state index in [4.69, 9.17) is 52.1 Å². The molecule has 0 radical (unpaired) electrons. The van der Waals surface area contributed by atoms with Gasteiger partial charge in [0.15, 0.2) is 18.9 Å². The summed E-state index contributed by atoms with van der Waals surface area (Å²) < 4.78 is 76.1. The third-order valence-corrected chi connectivity index (χ3v) is 12.9. The lowest BCUT2D eigenvalue weighted by Crippen LogP contribution is -2.66. The lowest BCUT2D eigenvalue weighted by molar-refractivity contribution is -0.411. The van der Waals surface area contributed by atoms with Gasteiger partial charge in [-0.25, -0.2) is 0 Å². The summed E-state index contributed by atoms with van der Waals surface area (Å²) >= 11 is 0. The van der Waals surface area contributed by atoms with Crippen molar-refractivity contribution in [2.24, 2.45) is 0 Å². The van der Waals surface area contributed by atoms with Crippen molar-refractivity contribution >= 4 is 0 Å². The van der Waals surface area contributed by atoms with Gasteiger partial charge in [0, 0.05) is 11.8 Å². The van der Waals surface area contributed by atoms with Crippen molar-refractivity contribution in [3.05, 3.63) is 245 Å². The fraction of sp³-hybridized carbons (Fsp3) is 0.317. The van der Waals surface area contributed by atoms with Crippen molar-refractivity contribution in [3.63, 3.8) is 0 Å². The predicted molar refractivity (Wildman–Crippen MR) is 267 cm³/mol. The highest BCUT2D eigenvalue weighted by molar-refractivity contribution is 5.19. The number of ether oxygens (including phenoxy) is 11. The largest absolute Gasteiger partial charge is 0.374 e. The maximum absolute atomic E-state index is 7.28. The van der Waals surface area contributed by atoms with E-state index < -0.39 is 67.7 Å². The predicted octanol–water partition coefficient (Wildman–Crippen LogP) is 10.1. The lowest BCUT2D eigenvalue weighted by Gasteiger charge is -2.51. The van der Waals surface area contributed by atoms with E-state index in [-0.39, 0.29) is 46.2 Å². The van der Waals surface area contributed by atoms with Crippen LogP contribution in [0.5, 0.6) is 0 Å². The molecule has 3 aliphatic heterocycles. The number of aromatic nitrogens is 1. The van der Waals surface area contributed by atoms with E-state index in [0.717, 1.165) is 39.1 Å². The van der Waals surface area contributed by atoms with Gasteiger partial charge in [0.1, 0.15) is 48.8 Å². The van der Waals surface area contributed by atoms with Crippen LogP contribution >= 0.6 is 0 Å². The fourth-order valence-electron chi connectivity index (χ4n) is 9.22. The molecule has 10 rings (SSSR count). The third-order valence-electron chi connectivity index (χ3n) is 12.9. The van der Waals surface area contributed by atoms with Gasteiger partial charge in [0.05, 0.1) is 58.5 Å². The second kappa shape index (κ2) is 25.6. The summed E-state index contributed by atoms with van der Waals surface area (Å²) in [6.07, 6.45) is -6.99. The summed E-state index contributed by atoms with van der Waals surface area (Å²) in [5, 5.41) is 0. The van der Waals surface area contributed by atoms with Crippen molar-refractivity contribution in [3.8, 4) is 0 Å². The summed E-state index contributed by atoms with van der Waals surface area (Å²) in [6.45, 7) is 1.84. The molecule has 1 unspecified atom stereocenters. The van der Waals surface area contributed by atoms with Crippen molar-refractivity contribution in [1.29, 1.82) is 0 Å². The number of benzene rings is 6. The number of rotatable bonds is 22. The number of hydrogen-bond donors (Lipinski definition) is 0. The topological polar surface area (TPSA) is 114 Å². The van der Waals surface area contributed by atoms with Crippen LogP contribution < -0.4 is 0 Å². The zero-order valence-electron chi connectivity index (χ0n) is 40.1. The Morgan fingerprint density at radius 3 is 1.38 bits per heavy atom. The van der Waals surface area contributed by atoms with Gasteiger partial charge < -0.3 is 52.1 Å². The molecule has 3 aliphatic rings. The minimum Gasteiger partial charge on any atom is -0.374 e. The third kappa shape index (κ3) is 13.4. The van der Waals surface area contributed by atoms with Gasteiger partial charge in [-0.15, -0.1) is 0 Å². The number of fused-ring (bicyclic) bond motifs is 1. The second-order valence-electron chi connectivity index (χ2n) is 18.0. The Labute approximate surface area is 421 Å². The average Bonchev–Trinajstić information content (AvgIpc) is 3.44. The smallest absolute Gasteiger partial charge is 0.190 e. The van der Waals surface area contributed by atoms with Crippen LogP contribution in [0.1, 0.15) is 45.4 Å². The lowest BCUT2D eigenvalue weighted by atomic mass is 9.96. The molecule has 72 heavy (non-hydrogen) atoms. The van der Waals surface area contributed by atoms with E-state index in [0.29, 0.717) is 6.61 Å². The summed E-state index contributed by atoms with van der Waals surface area (Å²) in [6, 6.07) is 65.8. The Morgan fingerprint density at radius 2 is 0.847 bits per heavy atom. The van der Waals surface area contributed by atoms with Crippen LogP contribution in [0, 0.1) is 0 Å². The second-order valence-corrected chi connectivity index (χ2v) is 18.0. The maximum atomic E-state index is 7.28. The first-order valence-electron chi connectivity index (χ1n) is 24.7. The molecule has 12 heteroatoms. The summed E-state index contributed by atoms with van der Waals surface area (Å²) in [4.78, 5) is 4.58. The van der Waals surface area contributed by atoms with E-state index >= 15 is 0 Å². The highest BCUT2D eigenvalue weighted by Crippen LogP contribution is 2.40. The standard InChI is InChI=1S/C60H61NO11/c1-7-21-43(22-8-1)35-62-41-50-52(67-40-49-33-19-20-34-61-49)54(63-36-44-23-9-2-10-24-44)56(65-38-46-27-13-4-14-28-46)59(69-50)72-60-57(66-39-47-29-15-5-16-30-47)55(64-37-45-25-11-3-12-26-45)53-51(70-60)42-68-58(71-53)48-31-17-6-18-32-48/h1-34,50-60H,35-42H2/t50-,51-,52-,53-,54+,55+,56-,57-,58?,59-,60-/m1/s1. The van der Waals surface area contributed by atoms with Gasteiger partial charge in [0.25, 0.3) is 0 Å². The van der Waals surface area contributed by atoms with E-state index in [2.05, 4.69) is 4.98 Å². The molecular formula is C60H61NO11. The summed E-state index contributed by atoms with van der Waals surface area (Å²) in [7, 11) is 0. The molecule has 0 saturated carbocycles. The minimum atomic E-state index is -1.11. The highest BCUT2D eigenvalue weighted by Gasteiger charge is 2.55. The summed E-state index contributed by atoms with van der Waals surface area (Å²) in [5.41, 5.74) is 6.54. The van der Waals surface area contributed by atoms with Crippen LogP contribution in [0.15, 0.2) is 206 Å². The van der Waals surface area contributed by atoms with Crippen LogP contribution in [0.4, 0.5) is 0 Å². The molecule has 3 saturated heterocycles. The Bertz CT molecular complexity index is 2610. The highest BCUT2D eigenvalue weighted by atomic mass is 16.8. The molecule has 0 amide bonds. The van der Waals surface area contributed by atoms with Crippen LogP contribution in [-0.4, -0.2) is 79.6 Å². The molecule has 0 spiro atoms. The van der Waals surface area contributed by atoms with Crippen molar-refractivity contribution in [2.75, 3.05) is 13.2 Å². The van der Waals surface area contributed by atoms with E-state index in [1.54, 1.807) is 6.20 Å². The zero-order chi connectivity index (χ0) is 48.6. The molecule has 12 nitrogen and oxygen atoms in total. The normalized spacial score (nSPS) is 26.1. The van der Waals surface area contributed by atoms with Gasteiger partial charge in [-0.2, -0.15) is 0 Å². The van der Waals surface area contributed by atoms with E-state index in [9.17, 15) is 0 Å². The van der Waals surface area contributed by atoms with Gasteiger partial charge in [-0.3, -0.25) is 4.98 Å². The first-order chi connectivity index (χ1) is 35.7. The molecule has 0 N–H and O–H groups in total. The Morgan fingerprint density at radius 1 is 0.403 bits per heavy atom. The van der Waals surface area contributed by atoms with E-state index in [1.165, 1.54) is 0 Å². The maximum Gasteiger partial charge on any atom is 0.190 e. The SMILES string of the molecule is c1ccc(COC[C@H]2O[C@H](O[C@H]3O[C@@H]4COC(c5ccccc5)O[C@H]4[C@H](OCc4ccccc4)[C@H]3OCc3ccccc3)[C@H](OCc3ccccc3)[C@@H](OCc3ccccc3)[C@@H]2OCc2ccccn2)cc1. The van der Waals surface area contributed by atoms with Crippen molar-refractivity contribution in [2.45, 2.75) is 107 Å². The van der Waals surface area contributed by atoms with Crippen molar-refractivity contribution in [1.82, 2.24) is 4.98 Å². The Hall–Kier alpha value is -5.97. The van der Waals surface area contributed by atoms with Crippen molar-refractivity contribution < 1.29 is 52.1 Å². The molecule has 4 heterocycles. The first kappa shape index (κ1) is 49.6. The van der Waals surface area contributed by atoms with Crippen LogP contribution in [0.25, 0.3) is 0 Å².